The van der Waals surface area contributed by atoms with Gasteiger partial charge in [0.05, 0.1) is 13.2 Å². The number of hydrogen-bond donors (Lipinski definition) is 0. The van der Waals surface area contributed by atoms with Gasteiger partial charge in [-0.25, -0.2) is 14.2 Å². The van der Waals surface area contributed by atoms with Crippen LogP contribution in [0.2, 0.25) is 0 Å². The third kappa shape index (κ3) is 3.21. The number of hydrogen-bond acceptors (Lipinski definition) is 5. The minimum Gasteiger partial charge on any atom is -0.290 e. The van der Waals surface area contributed by atoms with Gasteiger partial charge in [0.15, 0.2) is 5.65 Å². The molecule has 10 heteroatoms. The second kappa shape index (κ2) is 5.80. The molecule has 2 heterocycles. The van der Waals surface area contributed by atoms with Crippen molar-refractivity contribution in [2.24, 2.45) is 0 Å². The fraction of sp³-hybridized carbons (Fsp3) is 0.231. The van der Waals surface area contributed by atoms with Crippen LogP contribution in [0, 0.1) is 0 Å². The molecule has 0 saturated carbocycles. The number of rotatable bonds is 4. The number of ether oxygens (including phenoxy) is 1. The summed E-state index contributed by atoms with van der Waals surface area (Å²) >= 11 is 0. The first-order valence-corrected chi connectivity index (χ1v) is 6.53. The molecule has 0 radical (unpaired) electrons. The maximum absolute atomic E-state index is 12.2. The van der Waals surface area contributed by atoms with Crippen LogP contribution < -0.4 is 5.69 Å². The van der Waals surface area contributed by atoms with Gasteiger partial charge in [0.1, 0.15) is 12.0 Å². The van der Waals surface area contributed by atoms with Gasteiger partial charge in [-0.05, 0) is 0 Å². The Kier molecular flexibility index (Phi) is 3.82. The zero-order chi connectivity index (χ0) is 16.4. The molecule has 0 bridgehead atoms. The number of benzene rings is 1. The summed E-state index contributed by atoms with van der Waals surface area (Å²) in [7, 11) is 0. The van der Waals surface area contributed by atoms with Crippen molar-refractivity contribution in [1.29, 1.82) is 0 Å². The normalized spacial score (nSPS) is 12.0. The first kappa shape index (κ1) is 15.2. The first-order chi connectivity index (χ1) is 11.0. The molecule has 0 aliphatic heterocycles. The molecule has 0 fully saturated rings. The minimum absolute atomic E-state index is 0.231. The molecule has 3 aromatic rings. The van der Waals surface area contributed by atoms with Crippen LogP contribution >= 0.6 is 0 Å². The molecule has 0 unspecified atom stereocenters. The summed E-state index contributed by atoms with van der Waals surface area (Å²) < 4.78 is 41.4. The Bertz CT molecular complexity index is 873. The number of aromatic nitrogens is 5. The van der Waals surface area contributed by atoms with Crippen molar-refractivity contribution in [3.05, 3.63) is 47.1 Å². The molecule has 23 heavy (non-hydrogen) atoms. The molecule has 0 N–H and O–H groups in total. The Morgan fingerprint density at radius 2 is 1.91 bits per heavy atom. The maximum atomic E-state index is 12.2. The molecular weight excluding hydrogens is 315 g/mol. The molecule has 2 aromatic heterocycles. The second-order valence-corrected chi connectivity index (χ2v) is 4.54. The van der Waals surface area contributed by atoms with Crippen molar-refractivity contribution >= 4 is 5.65 Å². The van der Waals surface area contributed by atoms with Crippen LogP contribution in [0.3, 0.4) is 0 Å². The van der Waals surface area contributed by atoms with E-state index in [2.05, 4.69) is 20.0 Å². The van der Waals surface area contributed by atoms with Crippen LogP contribution in [0.25, 0.3) is 16.9 Å². The average molecular weight is 325 g/mol. The number of imidazole rings is 1. The molecule has 0 saturated heterocycles. The third-order valence-electron chi connectivity index (χ3n) is 3.03. The average Bonchev–Trinajstić information content (AvgIpc) is 2.94. The highest BCUT2D eigenvalue weighted by molar-refractivity contribution is 5.73. The molecule has 0 atom stereocenters. The standard InChI is InChI=1S/C13H10F3N5O2/c14-13(15,16)23-7-6-21-12(22)20-8-17-10(11(20)18-19-21)9-4-2-1-3-5-9/h1-5,8H,6-7H2. The van der Waals surface area contributed by atoms with Crippen molar-refractivity contribution in [1.82, 2.24) is 24.4 Å². The molecule has 0 amide bonds. The molecule has 120 valence electrons. The number of fused-ring (bicyclic) bond motifs is 1. The van der Waals surface area contributed by atoms with Crippen LogP contribution in [-0.2, 0) is 11.3 Å². The highest BCUT2D eigenvalue weighted by Gasteiger charge is 2.28. The van der Waals surface area contributed by atoms with E-state index in [1.54, 1.807) is 12.1 Å². The first-order valence-electron chi connectivity index (χ1n) is 6.53. The molecule has 7 nitrogen and oxygen atoms in total. The van der Waals surface area contributed by atoms with E-state index >= 15 is 0 Å². The summed E-state index contributed by atoms with van der Waals surface area (Å²) in [5.74, 6) is 0. The van der Waals surface area contributed by atoms with E-state index in [0.29, 0.717) is 5.69 Å². The topological polar surface area (TPSA) is 74.3 Å². The summed E-state index contributed by atoms with van der Waals surface area (Å²) in [6.07, 6.45) is -3.49. The lowest BCUT2D eigenvalue weighted by atomic mass is 10.2. The molecule has 1 aromatic carbocycles. The van der Waals surface area contributed by atoms with Crippen molar-refractivity contribution in [2.75, 3.05) is 6.61 Å². The van der Waals surface area contributed by atoms with E-state index in [1.807, 2.05) is 18.2 Å². The largest absolute Gasteiger partial charge is 0.522 e. The fourth-order valence-electron chi connectivity index (χ4n) is 2.02. The van der Waals surface area contributed by atoms with Gasteiger partial charge in [0.2, 0.25) is 0 Å². The predicted octanol–water partition coefficient (Wildman–Crippen LogP) is 1.49. The summed E-state index contributed by atoms with van der Waals surface area (Å²) in [6, 6.07) is 9.05. The van der Waals surface area contributed by atoms with Crippen molar-refractivity contribution < 1.29 is 17.9 Å². The Balaban J connectivity index is 1.91. The third-order valence-corrected chi connectivity index (χ3v) is 3.03. The lowest BCUT2D eigenvalue weighted by molar-refractivity contribution is -0.325. The zero-order valence-corrected chi connectivity index (χ0v) is 11.6. The van der Waals surface area contributed by atoms with Crippen LogP contribution in [0.15, 0.2) is 41.5 Å². The highest BCUT2D eigenvalue weighted by atomic mass is 19.4. The smallest absolute Gasteiger partial charge is 0.290 e. The molecule has 0 aliphatic rings. The van der Waals surface area contributed by atoms with Gasteiger partial charge in [0.25, 0.3) is 0 Å². The van der Waals surface area contributed by atoms with E-state index < -0.39 is 18.7 Å². The zero-order valence-electron chi connectivity index (χ0n) is 11.6. The number of nitrogens with zero attached hydrogens (tertiary/aromatic N) is 5. The van der Waals surface area contributed by atoms with Crippen molar-refractivity contribution in [2.45, 2.75) is 12.9 Å². The predicted molar refractivity (Wildman–Crippen MR) is 72.5 cm³/mol. The van der Waals surface area contributed by atoms with Gasteiger partial charge < -0.3 is 0 Å². The van der Waals surface area contributed by atoms with Crippen molar-refractivity contribution in [3.63, 3.8) is 0 Å². The van der Waals surface area contributed by atoms with E-state index in [1.165, 1.54) is 6.33 Å². The van der Waals surface area contributed by atoms with Crippen LogP contribution in [-0.4, -0.2) is 37.3 Å². The van der Waals surface area contributed by atoms with Gasteiger partial charge in [-0.3, -0.25) is 4.74 Å². The summed E-state index contributed by atoms with van der Waals surface area (Å²) in [4.78, 5) is 16.3. The van der Waals surface area contributed by atoms with E-state index in [9.17, 15) is 18.0 Å². The number of halogens is 3. The second-order valence-electron chi connectivity index (χ2n) is 4.54. The van der Waals surface area contributed by atoms with Crippen LogP contribution in [0.5, 0.6) is 0 Å². The van der Waals surface area contributed by atoms with Gasteiger partial charge in [-0.2, -0.15) is 4.68 Å². The summed E-state index contributed by atoms with van der Waals surface area (Å²) in [5, 5.41) is 7.50. The minimum atomic E-state index is -4.75. The molecule has 0 spiro atoms. The van der Waals surface area contributed by atoms with Crippen LogP contribution in [0.4, 0.5) is 13.2 Å². The van der Waals surface area contributed by atoms with Crippen molar-refractivity contribution in [3.8, 4) is 11.3 Å². The van der Waals surface area contributed by atoms with Gasteiger partial charge in [0, 0.05) is 5.56 Å². The lowest BCUT2D eigenvalue weighted by Crippen LogP contribution is -2.32. The summed E-state index contributed by atoms with van der Waals surface area (Å²) in [6.45, 7) is -1.11. The SMILES string of the molecule is O=c1n(CCOC(F)(F)F)nnc2c(-c3ccccc3)ncn12. The Morgan fingerprint density at radius 3 is 2.61 bits per heavy atom. The van der Waals surface area contributed by atoms with E-state index in [4.69, 9.17) is 0 Å². The van der Waals surface area contributed by atoms with Crippen LogP contribution in [0.1, 0.15) is 0 Å². The summed E-state index contributed by atoms with van der Waals surface area (Å²) in [5.41, 5.74) is 0.806. The lowest BCUT2D eigenvalue weighted by Gasteiger charge is -2.07. The quantitative estimate of drug-likeness (QED) is 0.726. The van der Waals surface area contributed by atoms with E-state index in [-0.39, 0.29) is 12.2 Å². The molecular formula is C13H10F3N5O2. The molecule has 0 aliphatic carbocycles. The monoisotopic (exact) mass is 325 g/mol. The highest BCUT2D eigenvalue weighted by Crippen LogP contribution is 2.19. The maximum Gasteiger partial charge on any atom is 0.522 e. The Morgan fingerprint density at radius 1 is 1.17 bits per heavy atom. The van der Waals surface area contributed by atoms with Gasteiger partial charge in [-0.15, -0.1) is 18.3 Å². The van der Waals surface area contributed by atoms with E-state index in [0.717, 1.165) is 14.6 Å². The molecule has 3 rings (SSSR count). The fourth-order valence-corrected chi connectivity index (χ4v) is 2.02. The van der Waals surface area contributed by atoms with Gasteiger partial charge >= 0.3 is 12.1 Å². The number of alkyl halides is 3. The van der Waals surface area contributed by atoms with Gasteiger partial charge in [-0.1, -0.05) is 35.5 Å². The Hall–Kier alpha value is -2.75. The Labute approximate surface area is 126 Å².